The van der Waals surface area contributed by atoms with Crippen LogP contribution in [0.2, 0.25) is 0 Å². The molecule has 0 radical (unpaired) electrons. The van der Waals surface area contributed by atoms with E-state index in [9.17, 15) is 26.3 Å². The zero-order valence-electron chi connectivity index (χ0n) is 9.38. The Morgan fingerprint density at radius 1 is 1.00 bits per heavy atom. The number of aromatic nitrogens is 2. The van der Waals surface area contributed by atoms with Gasteiger partial charge in [-0.3, -0.25) is 0 Å². The molecule has 2 N–H and O–H groups in total. The van der Waals surface area contributed by atoms with Crippen molar-refractivity contribution in [3.05, 3.63) is 28.9 Å². The highest BCUT2D eigenvalue weighted by Crippen LogP contribution is 2.38. The van der Waals surface area contributed by atoms with Crippen molar-refractivity contribution in [1.29, 1.82) is 0 Å². The van der Waals surface area contributed by atoms with Crippen LogP contribution >= 0.6 is 11.3 Å². The summed E-state index contributed by atoms with van der Waals surface area (Å²) in [4.78, 5) is 6.57. The third-order valence-corrected chi connectivity index (χ3v) is 3.24. The van der Waals surface area contributed by atoms with Crippen LogP contribution in [0.3, 0.4) is 0 Å². The van der Waals surface area contributed by atoms with Crippen molar-refractivity contribution in [1.82, 2.24) is 9.97 Å². The SMILES string of the molecule is Nc1cc(C(F)(F)F)cc(-c2cnc(C(F)(F)F)s2)n1. The van der Waals surface area contributed by atoms with Gasteiger partial charge in [-0.15, -0.1) is 11.3 Å². The minimum absolute atomic E-state index is 0.143. The molecule has 2 aromatic heterocycles. The summed E-state index contributed by atoms with van der Waals surface area (Å²) in [5, 5.41) is -1.16. The lowest BCUT2D eigenvalue weighted by Gasteiger charge is -2.08. The molecular weight excluding hydrogens is 308 g/mol. The molecule has 0 fully saturated rings. The second kappa shape index (κ2) is 4.62. The van der Waals surface area contributed by atoms with E-state index in [2.05, 4.69) is 9.97 Å². The van der Waals surface area contributed by atoms with E-state index in [4.69, 9.17) is 5.73 Å². The summed E-state index contributed by atoms with van der Waals surface area (Å²) in [5.74, 6) is -0.434. The van der Waals surface area contributed by atoms with Gasteiger partial charge in [-0.1, -0.05) is 0 Å². The van der Waals surface area contributed by atoms with Crippen molar-refractivity contribution in [2.24, 2.45) is 0 Å². The van der Waals surface area contributed by atoms with Crippen molar-refractivity contribution in [3.8, 4) is 10.6 Å². The Hall–Kier alpha value is -1.84. The van der Waals surface area contributed by atoms with Crippen LogP contribution in [0.1, 0.15) is 10.6 Å². The first kappa shape index (κ1) is 14.6. The Bertz CT molecular complexity index is 631. The molecule has 20 heavy (non-hydrogen) atoms. The van der Waals surface area contributed by atoms with Gasteiger partial charge >= 0.3 is 12.4 Å². The fourth-order valence-corrected chi connectivity index (χ4v) is 2.11. The summed E-state index contributed by atoms with van der Waals surface area (Å²) in [7, 11) is 0. The molecule has 0 aliphatic carbocycles. The van der Waals surface area contributed by atoms with Gasteiger partial charge in [0.05, 0.1) is 16.1 Å². The number of halogens is 6. The Labute approximate surface area is 112 Å². The fraction of sp³-hybridized carbons (Fsp3) is 0.200. The molecule has 0 bridgehead atoms. The van der Waals surface area contributed by atoms with Gasteiger partial charge in [0.15, 0.2) is 5.01 Å². The van der Waals surface area contributed by atoms with Crippen molar-refractivity contribution in [2.75, 3.05) is 5.73 Å². The van der Waals surface area contributed by atoms with E-state index < -0.39 is 28.7 Å². The third-order valence-electron chi connectivity index (χ3n) is 2.17. The first-order chi connectivity index (χ1) is 9.07. The van der Waals surface area contributed by atoms with Gasteiger partial charge < -0.3 is 5.73 Å². The van der Waals surface area contributed by atoms with Crippen LogP contribution in [0.25, 0.3) is 10.6 Å². The maximum atomic E-state index is 12.6. The lowest BCUT2D eigenvalue weighted by molar-refractivity contribution is -0.138. The van der Waals surface area contributed by atoms with E-state index >= 15 is 0 Å². The summed E-state index contributed by atoms with van der Waals surface area (Å²) < 4.78 is 74.9. The predicted molar refractivity (Wildman–Crippen MR) is 59.8 cm³/mol. The molecule has 0 aliphatic heterocycles. The molecule has 0 saturated heterocycles. The van der Waals surface area contributed by atoms with Crippen molar-refractivity contribution < 1.29 is 26.3 Å². The molecule has 0 amide bonds. The molecule has 2 rings (SSSR count). The van der Waals surface area contributed by atoms with Crippen LogP contribution in [0, 0.1) is 0 Å². The lowest BCUT2D eigenvalue weighted by atomic mass is 10.2. The Morgan fingerprint density at radius 3 is 2.15 bits per heavy atom. The van der Waals surface area contributed by atoms with Gasteiger partial charge in [-0.05, 0) is 12.1 Å². The standard InChI is InChI=1S/C10H5F6N3S/c11-9(12,13)4-1-5(19-7(17)2-4)6-3-18-8(20-6)10(14,15)16/h1-3H,(H2,17,19). The van der Waals surface area contributed by atoms with Crippen LogP contribution in [0.15, 0.2) is 18.3 Å². The van der Waals surface area contributed by atoms with E-state index in [0.29, 0.717) is 12.1 Å². The first-order valence-corrected chi connectivity index (χ1v) is 5.77. The van der Waals surface area contributed by atoms with Crippen LogP contribution in [0.4, 0.5) is 32.2 Å². The molecule has 2 heterocycles. The first-order valence-electron chi connectivity index (χ1n) is 4.95. The number of nitrogen functional groups attached to an aromatic ring is 1. The molecule has 3 nitrogen and oxygen atoms in total. The van der Waals surface area contributed by atoms with Gasteiger partial charge in [0, 0.05) is 6.20 Å². The zero-order chi connectivity index (χ0) is 15.1. The fourth-order valence-electron chi connectivity index (χ4n) is 1.37. The number of nitrogens with two attached hydrogens (primary N) is 1. The number of thiazole rings is 1. The molecule has 0 atom stereocenters. The number of nitrogens with zero attached hydrogens (tertiary/aromatic N) is 2. The average molecular weight is 313 g/mol. The van der Waals surface area contributed by atoms with Crippen LogP contribution in [-0.4, -0.2) is 9.97 Å². The topological polar surface area (TPSA) is 51.8 Å². The van der Waals surface area contributed by atoms with Gasteiger partial charge in [0.1, 0.15) is 5.82 Å². The highest BCUT2D eigenvalue weighted by atomic mass is 32.1. The number of hydrogen-bond donors (Lipinski definition) is 1. The van der Waals surface area contributed by atoms with Crippen LogP contribution in [0.5, 0.6) is 0 Å². The van der Waals surface area contributed by atoms with Gasteiger partial charge in [0.25, 0.3) is 0 Å². The Morgan fingerprint density at radius 2 is 1.65 bits per heavy atom. The Balaban J connectivity index is 2.48. The Kier molecular flexibility index (Phi) is 3.36. The molecule has 10 heteroatoms. The van der Waals surface area contributed by atoms with E-state index in [0.717, 1.165) is 6.20 Å². The lowest BCUT2D eigenvalue weighted by Crippen LogP contribution is -2.07. The van der Waals surface area contributed by atoms with Crippen molar-refractivity contribution in [3.63, 3.8) is 0 Å². The highest BCUT2D eigenvalue weighted by Gasteiger charge is 2.35. The molecule has 0 aliphatic rings. The number of pyridine rings is 1. The number of anilines is 1. The highest BCUT2D eigenvalue weighted by molar-refractivity contribution is 7.15. The largest absolute Gasteiger partial charge is 0.443 e. The minimum Gasteiger partial charge on any atom is -0.384 e. The molecule has 0 unspecified atom stereocenters. The van der Waals surface area contributed by atoms with Gasteiger partial charge in [0.2, 0.25) is 0 Å². The molecule has 0 aromatic carbocycles. The summed E-state index contributed by atoms with van der Waals surface area (Å²) in [5.41, 5.74) is 3.85. The maximum absolute atomic E-state index is 12.6. The quantitative estimate of drug-likeness (QED) is 0.814. The smallest absolute Gasteiger partial charge is 0.384 e. The van der Waals surface area contributed by atoms with E-state index in [1.165, 1.54) is 0 Å². The average Bonchev–Trinajstić information content (AvgIpc) is 2.75. The normalized spacial score (nSPS) is 12.7. The second-order valence-electron chi connectivity index (χ2n) is 3.69. The van der Waals surface area contributed by atoms with E-state index in [-0.39, 0.29) is 21.9 Å². The van der Waals surface area contributed by atoms with Gasteiger partial charge in [-0.2, -0.15) is 26.3 Å². The monoisotopic (exact) mass is 313 g/mol. The second-order valence-corrected chi connectivity index (χ2v) is 4.72. The molecule has 0 spiro atoms. The number of rotatable bonds is 1. The third kappa shape index (κ3) is 3.00. The predicted octanol–water partition coefficient (Wildman–Crippen LogP) is 3.82. The van der Waals surface area contributed by atoms with E-state index in [1.807, 2.05) is 0 Å². The molecular formula is C10H5F6N3S. The molecule has 108 valence electrons. The maximum Gasteiger partial charge on any atom is 0.443 e. The number of hydrogen-bond acceptors (Lipinski definition) is 4. The van der Waals surface area contributed by atoms with Gasteiger partial charge in [-0.25, -0.2) is 9.97 Å². The zero-order valence-corrected chi connectivity index (χ0v) is 10.2. The number of alkyl halides is 6. The summed E-state index contributed by atoms with van der Waals surface area (Å²) >= 11 is 0.199. The summed E-state index contributed by atoms with van der Waals surface area (Å²) in [6.07, 6.45) is -8.51. The van der Waals surface area contributed by atoms with Crippen molar-refractivity contribution in [2.45, 2.75) is 12.4 Å². The van der Waals surface area contributed by atoms with Crippen LogP contribution < -0.4 is 5.73 Å². The van der Waals surface area contributed by atoms with Crippen molar-refractivity contribution >= 4 is 17.2 Å². The molecule has 2 aromatic rings. The van der Waals surface area contributed by atoms with E-state index in [1.54, 1.807) is 0 Å². The van der Waals surface area contributed by atoms with Crippen LogP contribution in [-0.2, 0) is 12.4 Å². The minimum atomic E-state index is -4.66. The summed E-state index contributed by atoms with van der Waals surface area (Å²) in [6.45, 7) is 0. The summed E-state index contributed by atoms with van der Waals surface area (Å²) in [6, 6.07) is 1.24. The molecule has 0 saturated carbocycles.